The van der Waals surface area contributed by atoms with Gasteiger partial charge in [-0.3, -0.25) is 4.79 Å². The number of ether oxygens (including phenoxy) is 1. The highest BCUT2D eigenvalue weighted by atomic mass is 32.1. The van der Waals surface area contributed by atoms with Crippen LogP contribution in [0.5, 0.6) is 5.75 Å². The fourth-order valence-electron chi connectivity index (χ4n) is 2.57. The van der Waals surface area contributed by atoms with Crippen molar-refractivity contribution >= 4 is 22.4 Å². The number of anilines is 1. The van der Waals surface area contributed by atoms with Crippen molar-refractivity contribution < 1.29 is 9.53 Å². The van der Waals surface area contributed by atoms with Crippen LogP contribution in [0.15, 0.2) is 35.8 Å². The summed E-state index contributed by atoms with van der Waals surface area (Å²) in [7, 11) is 0. The van der Waals surface area contributed by atoms with Crippen molar-refractivity contribution in [3.63, 3.8) is 0 Å². The number of amides is 1. The first-order chi connectivity index (χ1) is 10.8. The molecular weight excluding hydrogens is 298 g/mol. The summed E-state index contributed by atoms with van der Waals surface area (Å²) < 4.78 is 5.56. The summed E-state index contributed by atoms with van der Waals surface area (Å²) in [6, 6.07) is 7.45. The van der Waals surface area contributed by atoms with Crippen molar-refractivity contribution in [1.29, 1.82) is 0 Å². The quantitative estimate of drug-likeness (QED) is 0.869. The Kier molecular flexibility index (Phi) is 4.58. The van der Waals surface area contributed by atoms with Gasteiger partial charge in [0.2, 0.25) is 0 Å². The second-order valence-corrected chi connectivity index (χ2v) is 5.90. The normalized spacial score (nSPS) is 15.0. The number of piperazine rings is 1. The summed E-state index contributed by atoms with van der Waals surface area (Å²) in [5.41, 5.74) is 0.645. The number of benzene rings is 1. The van der Waals surface area contributed by atoms with Crippen molar-refractivity contribution in [1.82, 2.24) is 9.88 Å². The third kappa shape index (κ3) is 3.06. The molecule has 1 aromatic heterocycles. The highest BCUT2D eigenvalue weighted by Crippen LogP contribution is 2.23. The first-order valence-corrected chi connectivity index (χ1v) is 8.33. The van der Waals surface area contributed by atoms with E-state index in [-0.39, 0.29) is 5.91 Å². The van der Waals surface area contributed by atoms with Crippen LogP contribution in [0.2, 0.25) is 0 Å². The number of nitrogens with zero attached hydrogens (tertiary/aromatic N) is 3. The lowest BCUT2D eigenvalue weighted by molar-refractivity contribution is 0.0742. The van der Waals surface area contributed by atoms with Crippen LogP contribution in [0.4, 0.5) is 5.13 Å². The minimum absolute atomic E-state index is 0.0443. The van der Waals surface area contributed by atoms with Crippen LogP contribution >= 0.6 is 11.3 Å². The van der Waals surface area contributed by atoms with Crippen LogP contribution < -0.4 is 9.64 Å². The molecule has 0 N–H and O–H groups in total. The average molecular weight is 317 g/mol. The SMILES string of the molecule is CCOc1ccccc1C(=O)N1CCN(c2nccs2)CC1. The van der Waals surface area contributed by atoms with E-state index in [0.29, 0.717) is 31.0 Å². The van der Waals surface area contributed by atoms with Gasteiger partial charge in [-0.15, -0.1) is 11.3 Å². The van der Waals surface area contributed by atoms with Crippen LogP contribution in [0.3, 0.4) is 0 Å². The lowest BCUT2D eigenvalue weighted by Gasteiger charge is -2.34. The standard InChI is InChI=1S/C16H19N3O2S/c1-2-21-14-6-4-3-5-13(14)15(20)18-8-10-19(11-9-18)16-17-7-12-22-16/h3-7,12H,2,8-11H2,1H3. The Balaban J connectivity index is 1.67. The number of aromatic nitrogens is 1. The first kappa shape index (κ1) is 14.8. The Morgan fingerprint density at radius 3 is 2.73 bits per heavy atom. The molecule has 1 aliphatic heterocycles. The van der Waals surface area contributed by atoms with Gasteiger partial charge in [0.15, 0.2) is 5.13 Å². The monoisotopic (exact) mass is 317 g/mol. The van der Waals surface area contributed by atoms with E-state index < -0.39 is 0 Å². The van der Waals surface area contributed by atoms with Gasteiger partial charge >= 0.3 is 0 Å². The number of rotatable bonds is 4. The fraction of sp³-hybridized carbons (Fsp3) is 0.375. The Bertz CT molecular complexity index is 622. The second-order valence-electron chi connectivity index (χ2n) is 5.02. The molecule has 2 aromatic rings. The van der Waals surface area contributed by atoms with Crippen LogP contribution in [-0.2, 0) is 0 Å². The molecule has 0 radical (unpaired) electrons. The van der Waals surface area contributed by atoms with Gasteiger partial charge in [-0.2, -0.15) is 0 Å². The Morgan fingerprint density at radius 1 is 1.27 bits per heavy atom. The van der Waals surface area contributed by atoms with Gasteiger partial charge in [-0.05, 0) is 19.1 Å². The molecule has 1 amide bonds. The van der Waals surface area contributed by atoms with Crippen molar-refractivity contribution in [3.05, 3.63) is 41.4 Å². The van der Waals surface area contributed by atoms with E-state index in [1.807, 2.05) is 47.7 Å². The Labute approximate surface area is 134 Å². The molecule has 1 aliphatic rings. The summed E-state index contributed by atoms with van der Waals surface area (Å²) in [5.74, 6) is 0.709. The van der Waals surface area contributed by atoms with E-state index >= 15 is 0 Å². The third-order valence-corrected chi connectivity index (χ3v) is 4.51. The predicted molar refractivity (Wildman–Crippen MR) is 87.8 cm³/mol. The molecule has 3 rings (SSSR count). The molecular formula is C16H19N3O2S. The van der Waals surface area contributed by atoms with Crippen LogP contribution in [-0.4, -0.2) is 48.6 Å². The van der Waals surface area contributed by atoms with Gasteiger partial charge < -0.3 is 14.5 Å². The number of carbonyl (C=O) groups is 1. The molecule has 0 spiro atoms. The zero-order chi connectivity index (χ0) is 15.4. The molecule has 0 bridgehead atoms. The minimum Gasteiger partial charge on any atom is -0.493 e. The van der Waals surface area contributed by atoms with Crippen LogP contribution in [0.25, 0.3) is 0 Å². The number of carbonyl (C=O) groups excluding carboxylic acids is 1. The molecule has 1 aromatic carbocycles. The molecule has 0 atom stereocenters. The molecule has 0 aliphatic carbocycles. The molecule has 22 heavy (non-hydrogen) atoms. The number of hydrogen-bond donors (Lipinski definition) is 0. The van der Waals surface area contributed by atoms with Gasteiger partial charge in [-0.25, -0.2) is 4.98 Å². The van der Waals surface area contributed by atoms with Gasteiger partial charge in [0.1, 0.15) is 5.75 Å². The maximum absolute atomic E-state index is 12.7. The Morgan fingerprint density at radius 2 is 2.05 bits per heavy atom. The predicted octanol–water partition coefficient (Wildman–Crippen LogP) is 2.50. The lowest BCUT2D eigenvalue weighted by atomic mass is 10.1. The molecule has 5 nitrogen and oxygen atoms in total. The topological polar surface area (TPSA) is 45.7 Å². The molecule has 2 heterocycles. The van der Waals surface area contributed by atoms with E-state index in [1.54, 1.807) is 11.3 Å². The maximum atomic E-state index is 12.7. The molecule has 1 fully saturated rings. The summed E-state index contributed by atoms with van der Waals surface area (Å²) in [6.07, 6.45) is 1.82. The van der Waals surface area contributed by atoms with E-state index in [0.717, 1.165) is 18.2 Å². The molecule has 0 unspecified atom stereocenters. The van der Waals surface area contributed by atoms with Gasteiger partial charge in [-0.1, -0.05) is 12.1 Å². The van der Waals surface area contributed by atoms with Gasteiger partial charge in [0.05, 0.1) is 12.2 Å². The molecule has 116 valence electrons. The highest BCUT2D eigenvalue weighted by molar-refractivity contribution is 7.13. The van der Waals surface area contributed by atoms with Crippen molar-refractivity contribution in [2.45, 2.75) is 6.92 Å². The van der Waals surface area contributed by atoms with E-state index in [2.05, 4.69) is 9.88 Å². The Hall–Kier alpha value is -2.08. The van der Waals surface area contributed by atoms with Crippen LogP contribution in [0.1, 0.15) is 17.3 Å². The fourth-order valence-corrected chi connectivity index (χ4v) is 3.26. The van der Waals surface area contributed by atoms with Gasteiger partial charge in [0.25, 0.3) is 5.91 Å². The summed E-state index contributed by atoms with van der Waals surface area (Å²) in [6.45, 7) is 5.53. The average Bonchev–Trinajstić information content (AvgIpc) is 3.10. The van der Waals surface area contributed by atoms with E-state index in [1.165, 1.54) is 0 Å². The third-order valence-electron chi connectivity index (χ3n) is 3.67. The minimum atomic E-state index is 0.0443. The maximum Gasteiger partial charge on any atom is 0.257 e. The van der Waals surface area contributed by atoms with Crippen molar-refractivity contribution in [3.8, 4) is 5.75 Å². The van der Waals surface area contributed by atoms with E-state index in [9.17, 15) is 4.79 Å². The summed E-state index contributed by atoms with van der Waals surface area (Å²) in [4.78, 5) is 21.1. The van der Waals surface area contributed by atoms with Gasteiger partial charge in [0, 0.05) is 37.8 Å². The van der Waals surface area contributed by atoms with Crippen LogP contribution in [0, 0.1) is 0 Å². The molecule has 6 heteroatoms. The smallest absolute Gasteiger partial charge is 0.257 e. The molecule has 1 saturated heterocycles. The number of thiazole rings is 1. The lowest BCUT2D eigenvalue weighted by Crippen LogP contribution is -2.48. The second kappa shape index (κ2) is 6.79. The largest absolute Gasteiger partial charge is 0.493 e. The zero-order valence-corrected chi connectivity index (χ0v) is 13.4. The first-order valence-electron chi connectivity index (χ1n) is 7.45. The number of hydrogen-bond acceptors (Lipinski definition) is 5. The van der Waals surface area contributed by atoms with Crippen molar-refractivity contribution in [2.24, 2.45) is 0 Å². The molecule has 0 saturated carbocycles. The highest BCUT2D eigenvalue weighted by Gasteiger charge is 2.24. The van der Waals surface area contributed by atoms with E-state index in [4.69, 9.17) is 4.74 Å². The summed E-state index contributed by atoms with van der Waals surface area (Å²) >= 11 is 1.64. The van der Waals surface area contributed by atoms with Crippen molar-refractivity contribution in [2.75, 3.05) is 37.7 Å². The summed E-state index contributed by atoms with van der Waals surface area (Å²) in [5, 5.41) is 3.01. The number of para-hydroxylation sites is 1. The zero-order valence-electron chi connectivity index (χ0n) is 12.6.